The fraction of sp³-hybridized carbons (Fsp3) is 0.250. The Morgan fingerprint density at radius 1 is 1.70 bits per heavy atom. The van der Waals surface area contributed by atoms with Crippen LogP contribution in [0.1, 0.15) is 13.3 Å². The van der Waals surface area contributed by atoms with Crippen LogP contribution >= 0.6 is 0 Å². The number of allylic oxidation sites excluding steroid dienone is 5. The summed E-state index contributed by atoms with van der Waals surface area (Å²) < 4.78 is 0. The van der Waals surface area contributed by atoms with E-state index in [9.17, 15) is 0 Å². The van der Waals surface area contributed by atoms with Gasteiger partial charge in [0.2, 0.25) is 0 Å². The molecule has 0 amide bonds. The molecule has 52 valence electrons. The third-order valence-electron chi connectivity index (χ3n) is 1.03. The van der Waals surface area contributed by atoms with Crippen LogP contribution in [0.25, 0.3) is 0 Å². The van der Waals surface area contributed by atoms with E-state index < -0.39 is 0 Å². The average molecular weight is 133 g/mol. The molecule has 2 N–H and O–H groups in total. The van der Waals surface area contributed by atoms with Gasteiger partial charge in [0, 0.05) is 5.70 Å². The summed E-state index contributed by atoms with van der Waals surface area (Å²) in [6, 6.07) is 0. The second-order valence-corrected chi connectivity index (χ2v) is 2.03. The quantitative estimate of drug-likeness (QED) is 0.457. The highest BCUT2D eigenvalue weighted by Gasteiger charge is 1.78. The first-order valence-corrected chi connectivity index (χ1v) is 3.24. The van der Waals surface area contributed by atoms with Crippen molar-refractivity contribution in [3.05, 3.63) is 36.0 Å². The summed E-state index contributed by atoms with van der Waals surface area (Å²) in [4.78, 5) is 0. The first kappa shape index (κ1) is 9.08. The fourth-order valence-corrected chi connectivity index (χ4v) is 0.413. The van der Waals surface area contributed by atoms with Crippen LogP contribution in [0.2, 0.25) is 0 Å². The van der Waals surface area contributed by atoms with Gasteiger partial charge in [-0.15, -0.1) is 12.1 Å². The minimum atomic E-state index is 0.542. The predicted octanol–water partition coefficient (Wildman–Crippen LogP) is 1.48. The van der Waals surface area contributed by atoms with Crippen LogP contribution in [0.4, 0.5) is 0 Å². The van der Waals surface area contributed by atoms with Gasteiger partial charge in [-0.05, 0) is 12.5 Å². The standard InChI is InChI=1S/C8H12BN/c1-3-8(10)6-4-5-7(2)9/h4-6H,2-3,10H2,1H3/b5-4-,8-6-. The summed E-state index contributed by atoms with van der Waals surface area (Å²) in [7, 11) is 5.27. The maximum absolute atomic E-state index is 5.50. The van der Waals surface area contributed by atoms with E-state index in [1.807, 2.05) is 13.0 Å². The summed E-state index contributed by atoms with van der Waals surface area (Å²) in [6.45, 7) is 5.50. The summed E-state index contributed by atoms with van der Waals surface area (Å²) >= 11 is 0. The van der Waals surface area contributed by atoms with Crippen molar-refractivity contribution in [1.29, 1.82) is 0 Å². The lowest BCUT2D eigenvalue weighted by Gasteiger charge is -1.89. The Bertz CT molecular complexity index is 168. The van der Waals surface area contributed by atoms with E-state index in [1.165, 1.54) is 0 Å². The van der Waals surface area contributed by atoms with Crippen molar-refractivity contribution < 1.29 is 0 Å². The molecule has 2 heteroatoms. The Morgan fingerprint density at radius 3 is 2.70 bits per heavy atom. The Morgan fingerprint density at radius 2 is 2.30 bits per heavy atom. The van der Waals surface area contributed by atoms with Crippen molar-refractivity contribution in [3.63, 3.8) is 0 Å². The van der Waals surface area contributed by atoms with Crippen LogP contribution < -0.4 is 5.73 Å². The van der Waals surface area contributed by atoms with Crippen LogP contribution in [0, 0.1) is 0 Å². The van der Waals surface area contributed by atoms with Crippen molar-refractivity contribution in [2.45, 2.75) is 13.3 Å². The zero-order valence-electron chi connectivity index (χ0n) is 6.30. The fourth-order valence-electron chi connectivity index (χ4n) is 0.413. The highest BCUT2D eigenvalue weighted by Crippen LogP contribution is 1.92. The molecule has 0 aliphatic heterocycles. The van der Waals surface area contributed by atoms with Crippen molar-refractivity contribution in [3.8, 4) is 0 Å². The third kappa shape index (κ3) is 5.23. The minimum absolute atomic E-state index is 0.542. The number of hydrogen-bond acceptors (Lipinski definition) is 1. The zero-order valence-corrected chi connectivity index (χ0v) is 6.30. The monoisotopic (exact) mass is 133 g/mol. The van der Waals surface area contributed by atoms with Crippen LogP contribution in [-0.2, 0) is 0 Å². The van der Waals surface area contributed by atoms with Gasteiger partial charge in [-0.1, -0.05) is 19.1 Å². The molecule has 0 rings (SSSR count). The zero-order chi connectivity index (χ0) is 7.98. The molecule has 0 fully saturated rings. The molecule has 0 atom stereocenters. The maximum atomic E-state index is 5.50. The molecule has 0 aromatic heterocycles. The third-order valence-corrected chi connectivity index (χ3v) is 1.03. The summed E-state index contributed by atoms with van der Waals surface area (Å²) in [5.41, 5.74) is 6.89. The van der Waals surface area contributed by atoms with Gasteiger partial charge in [0.15, 0.2) is 0 Å². The molecule has 0 aliphatic carbocycles. The molecule has 0 heterocycles. The van der Waals surface area contributed by atoms with Gasteiger partial charge in [0.25, 0.3) is 0 Å². The highest BCUT2D eigenvalue weighted by molar-refractivity contribution is 6.23. The van der Waals surface area contributed by atoms with Gasteiger partial charge in [0.05, 0.1) is 0 Å². The van der Waals surface area contributed by atoms with E-state index in [0.717, 1.165) is 12.1 Å². The smallest absolute Gasteiger partial charge is 0.112 e. The largest absolute Gasteiger partial charge is 0.402 e. The maximum Gasteiger partial charge on any atom is 0.112 e. The van der Waals surface area contributed by atoms with Crippen LogP contribution in [0.5, 0.6) is 0 Å². The van der Waals surface area contributed by atoms with Crippen molar-refractivity contribution >= 4 is 7.85 Å². The van der Waals surface area contributed by atoms with E-state index in [4.69, 9.17) is 13.6 Å². The Labute approximate surface area is 63.7 Å². The number of nitrogens with two attached hydrogens (primary N) is 1. The Kier molecular flexibility index (Phi) is 4.47. The molecule has 0 bridgehead atoms. The van der Waals surface area contributed by atoms with Crippen LogP contribution in [0.15, 0.2) is 36.0 Å². The van der Waals surface area contributed by atoms with Gasteiger partial charge in [-0.3, -0.25) is 0 Å². The normalized spacial score (nSPS) is 12.3. The van der Waals surface area contributed by atoms with Crippen molar-refractivity contribution in [2.75, 3.05) is 0 Å². The second kappa shape index (κ2) is 4.92. The van der Waals surface area contributed by atoms with Gasteiger partial charge in [-0.2, -0.15) is 0 Å². The van der Waals surface area contributed by atoms with Crippen LogP contribution in [0.3, 0.4) is 0 Å². The van der Waals surface area contributed by atoms with Crippen LogP contribution in [-0.4, -0.2) is 7.85 Å². The van der Waals surface area contributed by atoms with E-state index >= 15 is 0 Å². The lowest BCUT2D eigenvalue weighted by Crippen LogP contribution is -1.92. The van der Waals surface area contributed by atoms with Gasteiger partial charge in [0.1, 0.15) is 7.85 Å². The molecule has 1 nitrogen and oxygen atoms in total. The van der Waals surface area contributed by atoms with E-state index in [-0.39, 0.29) is 0 Å². The molecule has 0 aromatic rings. The number of rotatable bonds is 3. The number of hydrogen-bond donors (Lipinski definition) is 1. The lowest BCUT2D eigenvalue weighted by molar-refractivity contribution is 1.07. The molecule has 2 radical (unpaired) electrons. The molecule has 0 aromatic carbocycles. The molecule has 0 spiro atoms. The van der Waals surface area contributed by atoms with E-state index in [2.05, 4.69) is 6.58 Å². The molecular weight excluding hydrogens is 121 g/mol. The Balaban J connectivity index is 3.82. The van der Waals surface area contributed by atoms with E-state index in [1.54, 1.807) is 12.2 Å². The molecule has 10 heavy (non-hydrogen) atoms. The average Bonchev–Trinajstić information content (AvgIpc) is 1.87. The molecule has 0 unspecified atom stereocenters. The molecular formula is C8H12BN. The highest BCUT2D eigenvalue weighted by atomic mass is 14.6. The summed E-state index contributed by atoms with van der Waals surface area (Å²) in [5, 5.41) is 0. The molecule has 0 saturated heterocycles. The van der Waals surface area contributed by atoms with Gasteiger partial charge >= 0.3 is 0 Å². The molecule has 0 aliphatic rings. The summed E-state index contributed by atoms with van der Waals surface area (Å²) in [5.74, 6) is 0. The van der Waals surface area contributed by atoms with Crippen molar-refractivity contribution in [1.82, 2.24) is 0 Å². The first-order valence-electron chi connectivity index (χ1n) is 3.24. The molecule has 0 saturated carbocycles. The lowest BCUT2D eigenvalue weighted by atomic mass is 9.98. The van der Waals surface area contributed by atoms with Crippen molar-refractivity contribution in [2.24, 2.45) is 5.73 Å². The minimum Gasteiger partial charge on any atom is -0.402 e. The predicted molar refractivity (Wildman–Crippen MR) is 46.6 cm³/mol. The summed E-state index contributed by atoms with van der Waals surface area (Å²) in [6.07, 6.45) is 6.18. The van der Waals surface area contributed by atoms with Gasteiger partial charge < -0.3 is 5.73 Å². The second-order valence-electron chi connectivity index (χ2n) is 2.03. The Hall–Kier alpha value is -0.915. The van der Waals surface area contributed by atoms with Gasteiger partial charge in [-0.25, -0.2) is 0 Å². The topological polar surface area (TPSA) is 26.0 Å². The van der Waals surface area contributed by atoms with E-state index in [0.29, 0.717) is 5.47 Å². The first-order chi connectivity index (χ1) is 4.66. The SMILES string of the molecule is [B]C(=C)/C=C\C=C(/N)CC.